The fourth-order valence-corrected chi connectivity index (χ4v) is 3.32. The van der Waals surface area contributed by atoms with E-state index in [-0.39, 0.29) is 18.1 Å². The Morgan fingerprint density at radius 3 is 2.11 bits per heavy atom. The largest absolute Gasteiger partial charge is 0.497 e. The molecule has 0 saturated carbocycles. The number of carbonyl (C=O) groups excluding carboxylic acids is 1. The summed E-state index contributed by atoms with van der Waals surface area (Å²) in [5.74, 6) is -0.102. The van der Waals surface area contributed by atoms with E-state index < -0.39 is 5.79 Å². The van der Waals surface area contributed by atoms with Crippen LogP contribution in [0.2, 0.25) is 0 Å². The summed E-state index contributed by atoms with van der Waals surface area (Å²) in [6, 6.07) is 15.9. The van der Waals surface area contributed by atoms with E-state index in [2.05, 4.69) is 0 Å². The second kappa shape index (κ2) is 8.86. The highest BCUT2D eigenvalue weighted by Crippen LogP contribution is 2.41. The van der Waals surface area contributed by atoms with E-state index in [1.807, 2.05) is 69.3 Å². The standard InChI is InChI=1S/C23H28O5/c1-16(13-24)21-22(28-23(2,3)27-21)19-9-5-17(6-10-19)14-26-15-18-7-11-20(25-4)12-8-18/h5-13,16,21-22H,14-15H2,1-4H3/t16-,21+,22+/m0/s1. The highest BCUT2D eigenvalue weighted by molar-refractivity contribution is 5.54. The van der Waals surface area contributed by atoms with Crippen LogP contribution in [-0.4, -0.2) is 25.3 Å². The van der Waals surface area contributed by atoms with Gasteiger partial charge in [0.25, 0.3) is 0 Å². The van der Waals surface area contributed by atoms with Gasteiger partial charge in [-0.1, -0.05) is 43.3 Å². The van der Waals surface area contributed by atoms with Crippen LogP contribution in [0.15, 0.2) is 48.5 Å². The fourth-order valence-electron chi connectivity index (χ4n) is 3.32. The molecule has 0 N–H and O–H groups in total. The topological polar surface area (TPSA) is 54.0 Å². The molecule has 2 aromatic carbocycles. The Kier molecular flexibility index (Phi) is 6.50. The summed E-state index contributed by atoms with van der Waals surface area (Å²) in [7, 11) is 1.65. The van der Waals surface area contributed by atoms with Gasteiger partial charge in [-0.15, -0.1) is 0 Å². The molecule has 0 bridgehead atoms. The molecule has 0 aliphatic carbocycles. The Morgan fingerprint density at radius 1 is 1.00 bits per heavy atom. The third kappa shape index (κ3) is 4.98. The third-order valence-corrected chi connectivity index (χ3v) is 4.87. The van der Waals surface area contributed by atoms with Crippen LogP contribution in [0, 0.1) is 5.92 Å². The van der Waals surface area contributed by atoms with E-state index in [0.29, 0.717) is 13.2 Å². The van der Waals surface area contributed by atoms with Crippen LogP contribution in [0.5, 0.6) is 5.75 Å². The molecule has 2 aromatic rings. The molecule has 1 aliphatic rings. The highest BCUT2D eigenvalue weighted by Gasteiger charge is 2.44. The molecule has 1 aliphatic heterocycles. The van der Waals surface area contributed by atoms with Gasteiger partial charge in [0.05, 0.1) is 20.3 Å². The number of hydrogen-bond acceptors (Lipinski definition) is 5. The van der Waals surface area contributed by atoms with Crippen LogP contribution >= 0.6 is 0 Å². The molecule has 28 heavy (non-hydrogen) atoms. The van der Waals surface area contributed by atoms with Gasteiger partial charge < -0.3 is 23.7 Å². The first kappa shape index (κ1) is 20.5. The van der Waals surface area contributed by atoms with Crippen LogP contribution in [-0.2, 0) is 32.2 Å². The Bertz CT molecular complexity index is 767. The zero-order chi connectivity index (χ0) is 20.1. The molecule has 3 atom stereocenters. The summed E-state index contributed by atoms with van der Waals surface area (Å²) >= 11 is 0. The van der Waals surface area contributed by atoms with Crippen molar-refractivity contribution >= 4 is 6.29 Å². The SMILES string of the molecule is COc1ccc(COCc2ccc([C@H]3OC(C)(C)O[C@@H]3[C@@H](C)C=O)cc2)cc1. The Morgan fingerprint density at radius 2 is 1.57 bits per heavy atom. The molecular weight excluding hydrogens is 356 g/mol. The molecule has 1 fully saturated rings. The summed E-state index contributed by atoms with van der Waals surface area (Å²) in [6.45, 7) is 6.67. The molecule has 1 saturated heterocycles. The van der Waals surface area contributed by atoms with E-state index in [4.69, 9.17) is 18.9 Å². The van der Waals surface area contributed by atoms with Crippen LogP contribution in [0.1, 0.15) is 43.6 Å². The van der Waals surface area contributed by atoms with Crippen LogP contribution in [0.4, 0.5) is 0 Å². The second-order valence-electron chi connectivity index (χ2n) is 7.60. The maximum absolute atomic E-state index is 11.2. The lowest BCUT2D eigenvalue weighted by Gasteiger charge is -2.19. The average Bonchev–Trinajstić information content (AvgIpc) is 3.04. The van der Waals surface area contributed by atoms with Gasteiger partial charge in [0, 0.05) is 5.92 Å². The molecule has 3 rings (SSSR count). The molecule has 5 nitrogen and oxygen atoms in total. The van der Waals surface area contributed by atoms with Gasteiger partial charge in [0.15, 0.2) is 5.79 Å². The number of rotatable bonds is 8. The van der Waals surface area contributed by atoms with E-state index in [1.54, 1.807) is 7.11 Å². The van der Waals surface area contributed by atoms with Crippen molar-refractivity contribution < 1.29 is 23.7 Å². The van der Waals surface area contributed by atoms with Crippen LogP contribution < -0.4 is 4.74 Å². The lowest BCUT2D eigenvalue weighted by atomic mass is 9.95. The van der Waals surface area contributed by atoms with Crippen molar-refractivity contribution in [2.75, 3.05) is 7.11 Å². The zero-order valence-corrected chi connectivity index (χ0v) is 16.9. The van der Waals surface area contributed by atoms with Crippen LogP contribution in [0.25, 0.3) is 0 Å². The van der Waals surface area contributed by atoms with Crippen molar-refractivity contribution in [2.45, 2.75) is 52.0 Å². The number of benzene rings is 2. The Balaban J connectivity index is 1.58. The van der Waals surface area contributed by atoms with E-state index in [9.17, 15) is 4.79 Å². The van der Waals surface area contributed by atoms with Gasteiger partial charge in [-0.25, -0.2) is 0 Å². The molecule has 0 amide bonds. The Labute approximate surface area is 166 Å². The normalized spacial score (nSPS) is 22.0. The van der Waals surface area contributed by atoms with Gasteiger partial charge in [-0.2, -0.15) is 0 Å². The predicted molar refractivity (Wildman–Crippen MR) is 106 cm³/mol. The monoisotopic (exact) mass is 384 g/mol. The second-order valence-corrected chi connectivity index (χ2v) is 7.60. The fraction of sp³-hybridized carbons (Fsp3) is 0.435. The lowest BCUT2D eigenvalue weighted by molar-refractivity contribution is -0.151. The minimum atomic E-state index is -0.702. The summed E-state index contributed by atoms with van der Waals surface area (Å²) in [4.78, 5) is 11.2. The smallest absolute Gasteiger partial charge is 0.164 e. The minimum Gasteiger partial charge on any atom is -0.497 e. The van der Waals surface area contributed by atoms with Gasteiger partial charge in [0.1, 0.15) is 24.2 Å². The van der Waals surface area contributed by atoms with Gasteiger partial charge in [0.2, 0.25) is 0 Å². The molecule has 150 valence electrons. The summed E-state index contributed by atoms with van der Waals surface area (Å²) in [5.41, 5.74) is 3.18. The van der Waals surface area contributed by atoms with Gasteiger partial charge in [-0.3, -0.25) is 0 Å². The summed E-state index contributed by atoms with van der Waals surface area (Å²) in [5, 5.41) is 0. The molecule has 0 radical (unpaired) electrons. The maximum Gasteiger partial charge on any atom is 0.164 e. The number of hydrogen-bond donors (Lipinski definition) is 0. The number of methoxy groups -OCH3 is 1. The Hall–Kier alpha value is -2.21. The summed E-state index contributed by atoms with van der Waals surface area (Å²) in [6.07, 6.45) is 0.373. The molecular formula is C23H28O5. The van der Waals surface area contributed by atoms with Gasteiger partial charge >= 0.3 is 0 Å². The minimum absolute atomic E-state index is 0.237. The molecule has 5 heteroatoms. The van der Waals surface area contributed by atoms with Crippen molar-refractivity contribution in [1.82, 2.24) is 0 Å². The maximum atomic E-state index is 11.2. The van der Waals surface area contributed by atoms with E-state index in [1.165, 1.54) is 0 Å². The molecule has 0 aromatic heterocycles. The van der Waals surface area contributed by atoms with Crippen molar-refractivity contribution in [2.24, 2.45) is 5.92 Å². The first-order valence-electron chi connectivity index (χ1n) is 9.52. The zero-order valence-electron chi connectivity index (χ0n) is 16.9. The summed E-state index contributed by atoms with van der Waals surface area (Å²) < 4.78 is 23.0. The number of carbonyl (C=O) groups is 1. The number of ether oxygens (including phenoxy) is 4. The van der Waals surface area contributed by atoms with Crippen molar-refractivity contribution in [3.05, 3.63) is 65.2 Å². The first-order chi connectivity index (χ1) is 13.4. The quantitative estimate of drug-likeness (QED) is 0.630. The highest BCUT2D eigenvalue weighted by atomic mass is 16.8. The first-order valence-corrected chi connectivity index (χ1v) is 9.52. The molecule has 0 unspecified atom stereocenters. The molecule has 0 spiro atoms. The van der Waals surface area contributed by atoms with Crippen LogP contribution in [0.3, 0.4) is 0 Å². The van der Waals surface area contributed by atoms with Crippen molar-refractivity contribution in [3.63, 3.8) is 0 Å². The van der Waals surface area contributed by atoms with Crippen molar-refractivity contribution in [1.29, 1.82) is 0 Å². The van der Waals surface area contributed by atoms with E-state index in [0.717, 1.165) is 28.7 Å². The van der Waals surface area contributed by atoms with Crippen molar-refractivity contribution in [3.8, 4) is 5.75 Å². The lowest BCUT2D eigenvalue weighted by Crippen LogP contribution is -2.26. The van der Waals surface area contributed by atoms with E-state index >= 15 is 0 Å². The average molecular weight is 384 g/mol. The molecule has 1 heterocycles. The number of aldehydes is 1. The third-order valence-electron chi connectivity index (χ3n) is 4.87. The predicted octanol–water partition coefficient (Wildman–Crippen LogP) is 4.44. The van der Waals surface area contributed by atoms with Gasteiger partial charge in [-0.05, 0) is 42.7 Å².